The van der Waals surface area contributed by atoms with Crippen molar-refractivity contribution in [1.82, 2.24) is 4.72 Å². The summed E-state index contributed by atoms with van der Waals surface area (Å²) in [6, 6.07) is 18.2. The molecule has 0 heterocycles. The highest BCUT2D eigenvalue weighted by atomic mass is 32.2. The van der Waals surface area contributed by atoms with E-state index >= 15 is 0 Å². The summed E-state index contributed by atoms with van der Waals surface area (Å²) in [4.78, 5) is 26.1. The first kappa shape index (κ1) is 26.1. The van der Waals surface area contributed by atoms with Crippen LogP contribution in [0.15, 0.2) is 71.6 Å². The summed E-state index contributed by atoms with van der Waals surface area (Å²) in [6.45, 7) is 5.60. The average Bonchev–Trinajstić information content (AvgIpc) is 2.86. The normalized spacial score (nSPS) is 11.7. The first-order valence-corrected chi connectivity index (χ1v) is 12.5. The Labute approximate surface area is 206 Å². The number of hydrogen-bond donors (Lipinski definition) is 1. The molecule has 0 aromatic heterocycles. The third-order valence-electron chi connectivity index (χ3n) is 5.52. The minimum Gasteiger partial charge on any atom is -0.497 e. The molecule has 0 saturated heterocycles. The van der Waals surface area contributed by atoms with E-state index < -0.39 is 21.4 Å². The molecule has 0 radical (unpaired) electrons. The molecule has 8 heteroatoms. The molecule has 0 spiro atoms. The molecule has 184 valence electrons. The van der Waals surface area contributed by atoms with Crippen LogP contribution in [0.1, 0.15) is 58.2 Å². The van der Waals surface area contributed by atoms with Crippen molar-refractivity contribution in [1.29, 1.82) is 0 Å². The third-order valence-corrected chi connectivity index (χ3v) is 6.90. The van der Waals surface area contributed by atoms with Crippen LogP contribution in [0.3, 0.4) is 0 Å². The molecule has 0 amide bonds. The molecule has 7 nitrogen and oxygen atoms in total. The molecule has 1 N–H and O–H groups in total. The van der Waals surface area contributed by atoms with Crippen LogP contribution in [-0.2, 0) is 26.7 Å². The van der Waals surface area contributed by atoms with Crippen LogP contribution in [0, 0.1) is 0 Å². The number of ketones is 1. The van der Waals surface area contributed by atoms with Gasteiger partial charge in [-0.15, -0.1) is 0 Å². The van der Waals surface area contributed by atoms with E-state index in [-0.39, 0.29) is 28.4 Å². The predicted molar refractivity (Wildman–Crippen MR) is 133 cm³/mol. The molecule has 0 aliphatic rings. The molecule has 0 bridgehead atoms. The Morgan fingerprint density at radius 1 is 0.914 bits per heavy atom. The molecule has 0 aliphatic heterocycles. The summed E-state index contributed by atoms with van der Waals surface area (Å²) >= 11 is 0. The van der Waals surface area contributed by atoms with Gasteiger partial charge in [0.15, 0.2) is 5.78 Å². The monoisotopic (exact) mass is 495 g/mol. The van der Waals surface area contributed by atoms with Crippen LogP contribution in [-0.4, -0.2) is 34.4 Å². The Morgan fingerprint density at radius 3 is 2.09 bits per heavy atom. The zero-order valence-electron chi connectivity index (χ0n) is 20.4. The highest BCUT2D eigenvalue weighted by Crippen LogP contribution is 2.33. The molecule has 0 fully saturated rings. The van der Waals surface area contributed by atoms with E-state index in [1.807, 2.05) is 20.8 Å². The van der Waals surface area contributed by atoms with Crippen LogP contribution in [0.5, 0.6) is 5.75 Å². The fraction of sp³-hybridized carbons (Fsp3) is 0.259. The first-order chi connectivity index (χ1) is 16.5. The summed E-state index contributed by atoms with van der Waals surface area (Å²) in [6.07, 6.45) is 0. The number of nitrogens with one attached hydrogen (secondary N) is 1. The van der Waals surface area contributed by atoms with Gasteiger partial charge in [0.1, 0.15) is 5.75 Å². The van der Waals surface area contributed by atoms with E-state index in [9.17, 15) is 18.0 Å². The quantitative estimate of drug-likeness (QED) is 0.365. The smallest absolute Gasteiger partial charge is 0.338 e. The second-order valence-corrected chi connectivity index (χ2v) is 10.8. The standard InChI is InChI=1S/C27H29NO6S/c1-27(2,3)23-16-21(35(31,32)28-17-18-11-13-20(33-4)14-12-18)15-22(26(30)34-5)24(23)25(29)19-9-7-6-8-10-19/h6-16,28H,17H2,1-5H3. The molecule has 3 rings (SSSR count). The molecule has 35 heavy (non-hydrogen) atoms. The van der Waals surface area contributed by atoms with Gasteiger partial charge in [0.25, 0.3) is 0 Å². The van der Waals surface area contributed by atoms with E-state index in [0.29, 0.717) is 16.9 Å². The zero-order valence-corrected chi connectivity index (χ0v) is 21.2. The van der Waals surface area contributed by atoms with Crippen LogP contribution < -0.4 is 9.46 Å². The molecule has 3 aromatic carbocycles. The van der Waals surface area contributed by atoms with Crippen molar-refractivity contribution in [3.63, 3.8) is 0 Å². The number of esters is 1. The molecule has 0 aliphatic carbocycles. The Balaban J connectivity index is 2.11. The van der Waals surface area contributed by atoms with Crippen molar-refractivity contribution in [2.75, 3.05) is 14.2 Å². The van der Waals surface area contributed by atoms with Gasteiger partial charge in [0.2, 0.25) is 10.0 Å². The minimum atomic E-state index is -4.03. The van der Waals surface area contributed by atoms with Crippen molar-refractivity contribution < 1.29 is 27.5 Å². The molecule has 0 unspecified atom stereocenters. The Bertz CT molecular complexity index is 1320. The first-order valence-electron chi connectivity index (χ1n) is 11.0. The van der Waals surface area contributed by atoms with Crippen molar-refractivity contribution in [2.45, 2.75) is 37.6 Å². The van der Waals surface area contributed by atoms with E-state index in [2.05, 4.69) is 4.72 Å². The zero-order chi connectivity index (χ0) is 25.8. The van der Waals surface area contributed by atoms with Crippen molar-refractivity contribution in [3.05, 3.63) is 94.5 Å². The van der Waals surface area contributed by atoms with E-state index in [4.69, 9.17) is 9.47 Å². The van der Waals surface area contributed by atoms with Gasteiger partial charge in [-0.1, -0.05) is 63.2 Å². The summed E-state index contributed by atoms with van der Waals surface area (Å²) in [5, 5.41) is 0. The van der Waals surface area contributed by atoms with Gasteiger partial charge in [-0.25, -0.2) is 17.9 Å². The largest absolute Gasteiger partial charge is 0.497 e. The number of sulfonamides is 1. The maximum Gasteiger partial charge on any atom is 0.338 e. The summed E-state index contributed by atoms with van der Waals surface area (Å²) in [7, 11) is -1.28. The minimum absolute atomic E-state index is 0.0371. The molecule has 0 atom stereocenters. The van der Waals surface area contributed by atoms with Crippen LogP contribution in [0.25, 0.3) is 0 Å². The SMILES string of the molecule is COC(=O)c1cc(S(=O)(=O)NCc2ccc(OC)cc2)cc(C(C)(C)C)c1C(=O)c1ccccc1. The number of ether oxygens (including phenoxy) is 2. The maximum atomic E-state index is 13.5. The van der Waals surface area contributed by atoms with E-state index in [0.717, 1.165) is 5.56 Å². The molecule has 0 saturated carbocycles. The fourth-order valence-electron chi connectivity index (χ4n) is 3.62. The lowest BCUT2D eigenvalue weighted by molar-refractivity contribution is 0.0597. The molecular formula is C27H29NO6S. The second-order valence-electron chi connectivity index (χ2n) is 9.00. The lowest BCUT2D eigenvalue weighted by Crippen LogP contribution is -2.27. The number of carbonyl (C=O) groups is 2. The van der Waals surface area contributed by atoms with Crippen LogP contribution >= 0.6 is 0 Å². The Hall–Kier alpha value is -3.49. The number of hydrogen-bond acceptors (Lipinski definition) is 6. The van der Waals surface area contributed by atoms with Crippen molar-refractivity contribution in [2.24, 2.45) is 0 Å². The molecule has 3 aromatic rings. The average molecular weight is 496 g/mol. The van der Waals surface area contributed by atoms with Crippen molar-refractivity contribution >= 4 is 21.8 Å². The number of carbonyl (C=O) groups excluding carboxylic acids is 2. The predicted octanol–water partition coefficient (Wildman–Crippen LogP) is 4.49. The fourth-order valence-corrected chi connectivity index (χ4v) is 4.69. The highest BCUT2D eigenvalue weighted by Gasteiger charge is 2.31. The van der Waals surface area contributed by atoms with Crippen LogP contribution in [0.2, 0.25) is 0 Å². The molecular weight excluding hydrogens is 466 g/mol. The van der Waals surface area contributed by atoms with Gasteiger partial charge in [-0.2, -0.15) is 0 Å². The number of methoxy groups -OCH3 is 2. The summed E-state index contributed by atoms with van der Waals surface area (Å²) in [5.74, 6) is -0.513. The lowest BCUT2D eigenvalue weighted by Gasteiger charge is -2.25. The van der Waals surface area contributed by atoms with Gasteiger partial charge in [-0.05, 0) is 40.8 Å². The highest BCUT2D eigenvalue weighted by molar-refractivity contribution is 7.89. The topological polar surface area (TPSA) is 98.8 Å². The number of benzene rings is 3. The van der Waals surface area contributed by atoms with E-state index in [1.54, 1.807) is 61.7 Å². The maximum absolute atomic E-state index is 13.5. The van der Waals surface area contributed by atoms with Crippen molar-refractivity contribution in [3.8, 4) is 5.75 Å². The second kappa shape index (κ2) is 10.4. The summed E-state index contributed by atoms with van der Waals surface area (Å²) < 4.78 is 39.1. The van der Waals surface area contributed by atoms with Gasteiger partial charge >= 0.3 is 5.97 Å². The van der Waals surface area contributed by atoms with Gasteiger partial charge in [0, 0.05) is 17.7 Å². The third kappa shape index (κ3) is 5.96. The Morgan fingerprint density at radius 2 is 1.54 bits per heavy atom. The Kier molecular flexibility index (Phi) is 7.77. The summed E-state index contributed by atoms with van der Waals surface area (Å²) in [5.41, 5.74) is 0.928. The van der Waals surface area contributed by atoms with Gasteiger partial charge in [-0.3, -0.25) is 4.79 Å². The van der Waals surface area contributed by atoms with Gasteiger partial charge in [0.05, 0.1) is 24.7 Å². The van der Waals surface area contributed by atoms with E-state index in [1.165, 1.54) is 19.2 Å². The lowest BCUT2D eigenvalue weighted by atomic mass is 9.80. The van der Waals surface area contributed by atoms with Gasteiger partial charge < -0.3 is 9.47 Å². The number of rotatable bonds is 8. The van der Waals surface area contributed by atoms with Crippen LogP contribution in [0.4, 0.5) is 0 Å².